The number of hydrogen-bond acceptors (Lipinski definition) is 4. The molecule has 6 heteroatoms. The first-order valence-electron chi connectivity index (χ1n) is 4.39. The van der Waals surface area contributed by atoms with Gasteiger partial charge in [0.05, 0.1) is 0 Å². The lowest BCUT2D eigenvalue weighted by Gasteiger charge is -2.01. The molecule has 4 nitrogen and oxygen atoms in total. The number of carbonyl (C=O) groups is 1. The molecule has 82 valence electrons. The van der Waals surface area contributed by atoms with Gasteiger partial charge in [0, 0.05) is 17.0 Å². The van der Waals surface area contributed by atoms with E-state index in [1.54, 1.807) is 0 Å². The van der Waals surface area contributed by atoms with Gasteiger partial charge in [0.2, 0.25) is 0 Å². The van der Waals surface area contributed by atoms with Crippen molar-refractivity contribution in [1.82, 2.24) is 9.97 Å². The fraction of sp³-hybridized carbons (Fsp3) is 0.100. The third-order valence-electron chi connectivity index (χ3n) is 2.01. The van der Waals surface area contributed by atoms with Gasteiger partial charge in [-0.2, -0.15) is 11.3 Å². The van der Waals surface area contributed by atoms with Crippen molar-refractivity contribution in [3.63, 3.8) is 0 Å². The van der Waals surface area contributed by atoms with E-state index >= 15 is 0 Å². The minimum absolute atomic E-state index is 0.0967. The number of nitrogens with zero attached hydrogens (tertiary/aromatic N) is 2. The Morgan fingerprint density at radius 2 is 2.19 bits per heavy atom. The predicted octanol–water partition coefficient (Wildman–Crippen LogP) is 2.87. The van der Waals surface area contributed by atoms with Gasteiger partial charge < -0.3 is 5.11 Å². The molecule has 1 N–H and O–H groups in total. The highest BCUT2D eigenvalue weighted by Gasteiger charge is 2.12. The van der Waals surface area contributed by atoms with Crippen LogP contribution in [0.3, 0.4) is 0 Å². The maximum absolute atomic E-state index is 10.8. The lowest BCUT2D eigenvalue weighted by atomic mass is 10.2. The lowest BCUT2D eigenvalue weighted by molar-refractivity contribution is 0.0690. The average Bonchev–Trinajstić information content (AvgIpc) is 2.63. The Bertz CT molecular complexity index is 554. The van der Waals surface area contributed by atoms with Gasteiger partial charge in [0.1, 0.15) is 5.15 Å². The van der Waals surface area contributed by atoms with E-state index in [1.807, 2.05) is 17.7 Å². The Balaban J connectivity index is 2.58. The number of aromatic carboxylic acids is 1. The van der Waals surface area contributed by atoms with Crippen molar-refractivity contribution in [2.75, 3.05) is 0 Å². The third-order valence-corrected chi connectivity index (χ3v) is 3.07. The zero-order valence-corrected chi connectivity index (χ0v) is 9.84. The quantitative estimate of drug-likeness (QED) is 0.837. The highest BCUT2D eigenvalue weighted by Crippen LogP contribution is 2.25. The van der Waals surface area contributed by atoms with E-state index in [9.17, 15) is 4.79 Å². The fourth-order valence-corrected chi connectivity index (χ4v) is 2.25. The van der Waals surface area contributed by atoms with E-state index in [0.717, 1.165) is 11.1 Å². The fourth-order valence-electron chi connectivity index (χ4n) is 1.24. The van der Waals surface area contributed by atoms with Gasteiger partial charge in [-0.15, -0.1) is 0 Å². The zero-order valence-electron chi connectivity index (χ0n) is 8.27. The largest absolute Gasteiger partial charge is 0.477 e. The molecular weight excluding hydrogens is 248 g/mol. The summed E-state index contributed by atoms with van der Waals surface area (Å²) in [4.78, 5) is 18.8. The van der Waals surface area contributed by atoms with Crippen LogP contribution in [0.2, 0.25) is 5.15 Å². The van der Waals surface area contributed by atoms with Gasteiger partial charge >= 0.3 is 5.97 Å². The van der Waals surface area contributed by atoms with Crippen LogP contribution < -0.4 is 0 Å². The maximum Gasteiger partial charge on any atom is 0.354 e. The van der Waals surface area contributed by atoms with Gasteiger partial charge in [-0.05, 0) is 17.9 Å². The molecule has 0 unspecified atom stereocenters. The highest BCUT2D eigenvalue weighted by atomic mass is 35.5. The standard InChI is InChI=1S/C10H7ClN2O2S/c1-5-3-16-4-6(5)9-12-7(10(14)15)2-8(11)13-9/h2-4H,1H3,(H,14,15). The van der Waals surface area contributed by atoms with Crippen LogP contribution in [-0.2, 0) is 0 Å². The van der Waals surface area contributed by atoms with Crippen molar-refractivity contribution >= 4 is 28.9 Å². The molecule has 0 aliphatic carbocycles. The second-order valence-corrected chi connectivity index (χ2v) is 4.30. The molecule has 0 saturated heterocycles. The van der Waals surface area contributed by atoms with Crippen molar-refractivity contribution in [1.29, 1.82) is 0 Å². The number of carboxylic acids is 1. The molecule has 0 radical (unpaired) electrons. The summed E-state index contributed by atoms with van der Waals surface area (Å²) in [6.45, 7) is 1.91. The summed E-state index contributed by atoms with van der Waals surface area (Å²) >= 11 is 7.26. The maximum atomic E-state index is 10.8. The summed E-state index contributed by atoms with van der Waals surface area (Å²) in [6.07, 6.45) is 0. The first-order chi connectivity index (χ1) is 7.58. The van der Waals surface area contributed by atoms with Crippen LogP contribution in [0.4, 0.5) is 0 Å². The molecule has 2 rings (SSSR count). The minimum Gasteiger partial charge on any atom is -0.477 e. The third kappa shape index (κ3) is 2.05. The van der Waals surface area contributed by atoms with Gasteiger partial charge in [-0.3, -0.25) is 0 Å². The van der Waals surface area contributed by atoms with Gasteiger partial charge in [0.15, 0.2) is 11.5 Å². The number of aryl methyl sites for hydroxylation is 1. The van der Waals surface area contributed by atoms with Crippen LogP contribution in [0.15, 0.2) is 16.8 Å². The summed E-state index contributed by atoms with van der Waals surface area (Å²) in [6, 6.07) is 1.23. The summed E-state index contributed by atoms with van der Waals surface area (Å²) in [5.74, 6) is -0.762. The van der Waals surface area contributed by atoms with E-state index in [-0.39, 0.29) is 10.8 Å². The van der Waals surface area contributed by atoms with E-state index in [4.69, 9.17) is 16.7 Å². The summed E-state index contributed by atoms with van der Waals surface area (Å²) in [5, 5.41) is 12.8. The summed E-state index contributed by atoms with van der Waals surface area (Å²) in [5.41, 5.74) is 1.72. The SMILES string of the molecule is Cc1cscc1-c1nc(Cl)cc(C(=O)O)n1. The summed E-state index contributed by atoms with van der Waals surface area (Å²) in [7, 11) is 0. The second-order valence-electron chi connectivity index (χ2n) is 3.17. The Hall–Kier alpha value is -1.46. The topological polar surface area (TPSA) is 63.1 Å². The lowest BCUT2D eigenvalue weighted by Crippen LogP contribution is -2.03. The molecule has 16 heavy (non-hydrogen) atoms. The van der Waals surface area contributed by atoms with Crippen LogP contribution in [0, 0.1) is 6.92 Å². The van der Waals surface area contributed by atoms with Crippen LogP contribution in [-0.4, -0.2) is 21.0 Å². The molecule has 0 saturated carbocycles. The van der Waals surface area contributed by atoms with Crippen molar-refractivity contribution in [3.8, 4) is 11.4 Å². The monoisotopic (exact) mass is 254 g/mol. The highest BCUT2D eigenvalue weighted by molar-refractivity contribution is 7.08. The van der Waals surface area contributed by atoms with Crippen molar-refractivity contribution in [2.24, 2.45) is 0 Å². The van der Waals surface area contributed by atoms with Crippen LogP contribution in [0.25, 0.3) is 11.4 Å². The Labute approximate surface area is 101 Å². The molecule has 2 aromatic rings. The van der Waals surface area contributed by atoms with Crippen LogP contribution >= 0.6 is 22.9 Å². The Morgan fingerprint density at radius 3 is 2.75 bits per heavy atom. The average molecular weight is 255 g/mol. The van der Waals surface area contributed by atoms with Crippen molar-refractivity contribution in [2.45, 2.75) is 6.92 Å². The number of rotatable bonds is 2. The van der Waals surface area contributed by atoms with Gasteiger partial charge in [-0.1, -0.05) is 11.6 Å². The summed E-state index contributed by atoms with van der Waals surface area (Å²) < 4.78 is 0. The van der Waals surface area contributed by atoms with E-state index < -0.39 is 5.97 Å². The van der Waals surface area contributed by atoms with Crippen molar-refractivity contribution in [3.05, 3.63) is 33.2 Å². The van der Waals surface area contributed by atoms with E-state index in [2.05, 4.69) is 9.97 Å². The number of aromatic nitrogens is 2. The molecule has 0 spiro atoms. The normalized spacial score (nSPS) is 10.4. The second kappa shape index (κ2) is 4.19. The van der Waals surface area contributed by atoms with Crippen LogP contribution in [0.5, 0.6) is 0 Å². The molecule has 0 aliphatic rings. The Kier molecular flexibility index (Phi) is 2.89. The van der Waals surface area contributed by atoms with Gasteiger partial charge in [-0.25, -0.2) is 14.8 Å². The van der Waals surface area contributed by atoms with E-state index in [0.29, 0.717) is 5.82 Å². The first-order valence-corrected chi connectivity index (χ1v) is 5.71. The molecule has 0 amide bonds. The predicted molar refractivity (Wildman–Crippen MR) is 62.1 cm³/mol. The molecule has 2 aromatic heterocycles. The van der Waals surface area contributed by atoms with E-state index in [1.165, 1.54) is 17.4 Å². The number of carboxylic acid groups (broad SMARTS) is 1. The number of halogens is 1. The van der Waals surface area contributed by atoms with Crippen molar-refractivity contribution < 1.29 is 9.90 Å². The Morgan fingerprint density at radius 1 is 1.44 bits per heavy atom. The number of hydrogen-bond donors (Lipinski definition) is 1. The number of thiophene rings is 1. The smallest absolute Gasteiger partial charge is 0.354 e. The molecular formula is C10H7ClN2O2S. The molecule has 0 atom stereocenters. The molecule has 2 heterocycles. The molecule has 0 aromatic carbocycles. The minimum atomic E-state index is -1.11. The molecule has 0 fully saturated rings. The van der Waals surface area contributed by atoms with Gasteiger partial charge in [0.25, 0.3) is 0 Å². The first kappa shape index (κ1) is 11.0. The van der Waals surface area contributed by atoms with Crippen LogP contribution in [0.1, 0.15) is 16.1 Å². The molecule has 0 aliphatic heterocycles. The molecule has 0 bridgehead atoms. The zero-order chi connectivity index (χ0) is 11.7.